The Balaban J connectivity index is 1.64. The van der Waals surface area contributed by atoms with E-state index >= 15 is 0 Å². The topological polar surface area (TPSA) is 30.5 Å². The van der Waals surface area contributed by atoms with Crippen LogP contribution in [0.15, 0.2) is 36.4 Å². The zero-order valence-electron chi connectivity index (χ0n) is 13.8. The molecule has 1 heterocycles. The van der Waals surface area contributed by atoms with Crippen molar-refractivity contribution in [2.24, 2.45) is 5.92 Å². The smallest absolute Gasteiger partial charge is 0.231 e. The third kappa shape index (κ3) is 2.59. The molecule has 2 aliphatic rings. The Labute approximate surface area is 137 Å². The number of hydrogen-bond acceptors (Lipinski definition) is 3. The number of nitrogens with one attached hydrogen (secondary N) is 1. The van der Waals surface area contributed by atoms with Gasteiger partial charge < -0.3 is 14.8 Å². The molecule has 0 fully saturated rings. The first-order valence-electron chi connectivity index (χ1n) is 8.43. The van der Waals surface area contributed by atoms with Crippen LogP contribution >= 0.6 is 0 Å². The molecule has 3 nitrogen and oxygen atoms in total. The monoisotopic (exact) mass is 309 g/mol. The summed E-state index contributed by atoms with van der Waals surface area (Å²) in [5.41, 5.74) is 5.51. The predicted molar refractivity (Wildman–Crippen MR) is 92.2 cm³/mol. The summed E-state index contributed by atoms with van der Waals surface area (Å²) < 4.78 is 10.9. The Morgan fingerprint density at radius 3 is 2.70 bits per heavy atom. The molecule has 23 heavy (non-hydrogen) atoms. The fourth-order valence-corrected chi connectivity index (χ4v) is 3.94. The maximum atomic E-state index is 5.50. The molecule has 2 aromatic carbocycles. The van der Waals surface area contributed by atoms with Crippen LogP contribution in [0.5, 0.6) is 11.5 Å². The Morgan fingerprint density at radius 1 is 1.04 bits per heavy atom. The highest BCUT2D eigenvalue weighted by atomic mass is 16.7. The molecule has 4 rings (SSSR count). The van der Waals surface area contributed by atoms with Crippen molar-refractivity contribution in [1.82, 2.24) is 5.32 Å². The van der Waals surface area contributed by atoms with Crippen LogP contribution in [-0.2, 0) is 6.42 Å². The van der Waals surface area contributed by atoms with Crippen molar-refractivity contribution in [2.75, 3.05) is 20.4 Å². The minimum atomic E-state index is 0.327. The highest BCUT2D eigenvalue weighted by Gasteiger charge is 2.29. The summed E-state index contributed by atoms with van der Waals surface area (Å²) >= 11 is 0. The first-order chi connectivity index (χ1) is 11.3. The van der Waals surface area contributed by atoms with Gasteiger partial charge in [0.1, 0.15) is 0 Å². The Kier molecular flexibility index (Phi) is 3.74. The first-order valence-corrected chi connectivity index (χ1v) is 8.43. The number of rotatable bonds is 4. The van der Waals surface area contributed by atoms with Crippen molar-refractivity contribution in [3.8, 4) is 22.6 Å². The van der Waals surface area contributed by atoms with E-state index in [-0.39, 0.29) is 0 Å². The van der Waals surface area contributed by atoms with E-state index in [2.05, 4.69) is 42.6 Å². The zero-order valence-corrected chi connectivity index (χ0v) is 13.8. The van der Waals surface area contributed by atoms with Gasteiger partial charge in [0.05, 0.1) is 0 Å². The van der Waals surface area contributed by atoms with Gasteiger partial charge in [0.2, 0.25) is 6.79 Å². The lowest BCUT2D eigenvalue weighted by Gasteiger charge is -2.16. The summed E-state index contributed by atoms with van der Waals surface area (Å²) in [5.74, 6) is 3.10. The van der Waals surface area contributed by atoms with Gasteiger partial charge in [-0.05, 0) is 72.7 Å². The van der Waals surface area contributed by atoms with Gasteiger partial charge in [-0.15, -0.1) is 0 Å². The maximum absolute atomic E-state index is 5.50. The SMILES string of the molecule is CNCCC1c2ccc(-c3ccc4c(c3)OCO4)cc2CC1C. The van der Waals surface area contributed by atoms with Crippen LogP contribution in [0, 0.1) is 5.92 Å². The molecule has 0 aromatic heterocycles. The van der Waals surface area contributed by atoms with E-state index in [1.165, 1.54) is 35.1 Å². The van der Waals surface area contributed by atoms with Gasteiger partial charge >= 0.3 is 0 Å². The molecule has 0 bridgehead atoms. The fourth-order valence-electron chi connectivity index (χ4n) is 3.94. The quantitative estimate of drug-likeness (QED) is 0.927. The van der Waals surface area contributed by atoms with E-state index in [0.29, 0.717) is 12.7 Å². The van der Waals surface area contributed by atoms with Crippen LogP contribution in [0.4, 0.5) is 0 Å². The lowest BCUT2D eigenvalue weighted by molar-refractivity contribution is 0.174. The van der Waals surface area contributed by atoms with Gasteiger partial charge in [-0.3, -0.25) is 0 Å². The predicted octanol–water partition coefficient (Wildman–Crippen LogP) is 3.97. The van der Waals surface area contributed by atoms with E-state index < -0.39 is 0 Å². The molecule has 120 valence electrons. The van der Waals surface area contributed by atoms with Gasteiger partial charge in [0.15, 0.2) is 11.5 Å². The molecule has 0 spiro atoms. The molecule has 2 aromatic rings. The molecular formula is C20H23NO2. The molecule has 0 saturated carbocycles. The summed E-state index contributed by atoms with van der Waals surface area (Å²) in [4.78, 5) is 0. The van der Waals surface area contributed by atoms with Crippen LogP contribution in [0.25, 0.3) is 11.1 Å². The number of hydrogen-bond donors (Lipinski definition) is 1. The number of benzene rings is 2. The van der Waals surface area contributed by atoms with E-state index in [1.54, 1.807) is 0 Å². The van der Waals surface area contributed by atoms with E-state index in [1.807, 2.05) is 13.1 Å². The normalized spacial score (nSPS) is 21.5. The molecular weight excluding hydrogens is 286 g/mol. The lowest BCUT2D eigenvalue weighted by atomic mass is 9.90. The molecule has 3 heteroatoms. The summed E-state index contributed by atoms with van der Waals surface area (Å²) in [6, 6.07) is 13.2. The summed E-state index contributed by atoms with van der Waals surface area (Å²) in [7, 11) is 2.03. The Hall–Kier alpha value is -2.00. The van der Waals surface area contributed by atoms with Crippen molar-refractivity contribution in [3.05, 3.63) is 47.5 Å². The Bertz CT molecular complexity index is 726. The second-order valence-electron chi connectivity index (χ2n) is 6.66. The van der Waals surface area contributed by atoms with E-state index in [9.17, 15) is 0 Å². The summed E-state index contributed by atoms with van der Waals surface area (Å²) in [5, 5.41) is 3.28. The van der Waals surface area contributed by atoms with Gasteiger partial charge in [-0.2, -0.15) is 0 Å². The van der Waals surface area contributed by atoms with Crippen molar-refractivity contribution in [1.29, 1.82) is 0 Å². The van der Waals surface area contributed by atoms with Gasteiger partial charge in [0.25, 0.3) is 0 Å². The molecule has 0 saturated heterocycles. The minimum absolute atomic E-state index is 0.327. The average molecular weight is 309 g/mol. The molecule has 1 N–H and O–H groups in total. The molecule has 0 amide bonds. The first kappa shape index (κ1) is 14.6. The van der Waals surface area contributed by atoms with Crippen LogP contribution in [0.3, 0.4) is 0 Å². The third-order valence-electron chi connectivity index (χ3n) is 5.18. The van der Waals surface area contributed by atoms with Gasteiger partial charge in [-0.1, -0.05) is 31.2 Å². The third-order valence-corrected chi connectivity index (χ3v) is 5.18. The molecule has 1 aliphatic carbocycles. The van der Waals surface area contributed by atoms with Crippen molar-refractivity contribution >= 4 is 0 Å². The molecule has 2 unspecified atom stereocenters. The van der Waals surface area contributed by atoms with Crippen LogP contribution in [0.1, 0.15) is 30.4 Å². The molecule has 1 aliphatic heterocycles. The lowest BCUT2D eigenvalue weighted by Crippen LogP contribution is -2.14. The van der Waals surface area contributed by atoms with Crippen LogP contribution in [0.2, 0.25) is 0 Å². The van der Waals surface area contributed by atoms with Gasteiger partial charge in [0, 0.05) is 0 Å². The average Bonchev–Trinajstić information content (AvgIpc) is 3.15. The largest absolute Gasteiger partial charge is 0.454 e. The molecule has 0 radical (unpaired) electrons. The van der Waals surface area contributed by atoms with E-state index in [0.717, 1.165) is 24.0 Å². The second-order valence-corrected chi connectivity index (χ2v) is 6.66. The minimum Gasteiger partial charge on any atom is -0.454 e. The van der Waals surface area contributed by atoms with E-state index in [4.69, 9.17) is 9.47 Å². The standard InChI is InChI=1S/C20H23NO2/c1-13-9-16-10-14(3-5-18(16)17(13)7-8-21-2)15-4-6-19-20(11-15)23-12-22-19/h3-6,10-11,13,17,21H,7-9,12H2,1-2H3. The van der Waals surface area contributed by atoms with Crippen LogP contribution < -0.4 is 14.8 Å². The highest BCUT2D eigenvalue weighted by Crippen LogP contribution is 2.42. The highest BCUT2D eigenvalue weighted by molar-refractivity contribution is 5.69. The van der Waals surface area contributed by atoms with Crippen molar-refractivity contribution in [3.63, 3.8) is 0 Å². The zero-order chi connectivity index (χ0) is 15.8. The Morgan fingerprint density at radius 2 is 1.83 bits per heavy atom. The molecule has 2 atom stereocenters. The number of ether oxygens (including phenoxy) is 2. The van der Waals surface area contributed by atoms with Gasteiger partial charge in [-0.25, -0.2) is 0 Å². The van der Waals surface area contributed by atoms with Crippen LogP contribution in [-0.4, -0.2) is 20.4 Å². The number of fused-ring (bicyclic) bond motifs is 2. The summed E-state index contributed by atoms with van der Waals surface area (Å²) in [6.45, 7) is 3.78. The summed E-state index contributed by atoms with van der Waals surface area (Å²) in [6.07, 6.45) is 2.40. The fraction of sp³-hybridized carbons (Fsp3) is 0.400. The second kappa shape index (κ2) is 5.89. The van der Waals surface area contributed by atoms with Crippen molar-refractivity contribution in [2.45, 2.75) is 25.7 Å². The maximum Gasteiger partial charge on any atom is 0.231 e. The van der Waals surface area contributed by atoms with Crippen molar-refractivity contribution < 1.29 is 9.47 Å².